The van der Waals surface area contributed by atoms with Gasteiger partial charge in [0, 0.05) is 10.3 Å². The lowest BCUT2D eigenvalue weighted by Gasteiger charge is -2.12. The lowest BCUT2D eigenvalue weighted by molar-refractivity contribution is 0.217. The maximum absolute atomic E-state index is 10.7. The van der Waals surface area contributed by atoms with Crippen LogP contribution in [0.5, 0.6) is 0 Å². The number of benzene rings is 2. The molecule has 102 valence electrons. The second-order valence-corrected chi connectivity index (χ2v) is 5.79. The van der Waals surface area contributed by atoms with E-state index in [1.807, 2.05) is 47.8 Å². The molecule has 3 nitrogen and oxygen atoms in total. The van der Waals surface area contributed by atoms with E-state index in [0.717, 1.165) is 26.7 Å². The highest BCUT2D eigenvalue weighted by Gasteiger charge is 2.16. The zero-order valence-corrected chi connectivity index (χ0v) is 11.9. The van der Waals surface area contributed by atoms with E-state index < -0.39 is 6.10 Å². The van der Waals surface area contributed by atoms with Crippen LogP contribution in [0, 0.1) is 0 Å². The van der Waals surface area contributed by atoms with Crippen molar-refractivity contribution in [3.05, 3.63) is 71.4 Å². The summed E-state index contributed by atoms with van der Waals surface area (Å²) >= 11 is 1.63. The van der Waals surface area contributed by atoms with Gasteiger partial charge < -0.3 is 5.11 Å². The van der Waals surface area contributed by atoms with Gasteiger partial charge in [0.2, 0.25) is 0 Å². The van der Waals surface area contributed by atoms with Crippen molar-refractivity contribution in [1.82, 2.24) is 9.97 Å². The van der Waals surface area contributed by atoms with Crippen molar-refractivity contribution in [2.75, 3.05) is 0 Å². The summed E-state index contributed by atoms with van der Waals surface area (Å²) in [6.45, 7) is 0. The molecule has 21 heavy (non-hydrogen) atoms. The van der Waals surface area contributed by atoms with Crippen LogP contribution in [-0.4, -0.2) is 15.1 Å². The predicted octanol–water partition coefficient (Wildman–Crippen LogP) is 3.93. The van der Waals surface area contributed by atoms with E-state index in [4.69, 9.17) is 0 Å². The Hall–Kier alpha value is -2.30. The number of aliphatic hydroxyl groups excluding tert-OH is 1. The molecule has 1 N–H and O–H groups in total. The monoisotopic (exact) mass is 292 g/mol. The molecule has 2 heterocycles. The van der Waals surface area contributed by atoms with E-state index in [-0.39, 0.29) is 0 Å². The quantitative estimate of drug-likeness (QED) is 0.609. The average Bonchev–Trinajstić information content (AvgIpc) is 3.02. The molecule has 0 aliphatic heterocycles. The van der Waals surface area contributed by atoms with Crippen molar-refractivity contribution in [1.29, 1.82) is 0 Å². The van der Waals surface area contributed by atoms with Crippen LogP contribution in [-0.2, 0) is 0 Å². The number of aromatic nitrogens is 2. The SMILES string of the molecule is OC(c1cnc2ccccc2n1)c1cccc2ccsc12. The largest absolute Gasteiger partial charge is 0.382 e. The fourth-order valence-electron chi connectivity index (χ4n) is 2.49. The molecule has 1 atom stereocenters. The van der Waals surface area contributed by atoms with E-state index >= 15 is 0 Å². The first-order valence-electron chi connectivity index (χ1n) is 6.69. The number of para-hydroxylation sites is 2. The molecule has 4 heteroatoms. The van der Waals surface area contributed by atoms with Gasteiger partial charge in [-0.1, -0.05) is 30.3 Å². The predicted molar refractivity (Wildman–Crippen MR) is 85.4 cm³/mol. The smallest absolute Gasteiger partial charge is 0.124 e. The standard InChI is InChI=1S/C17H12N2OS/c20-16(12-5-3-4-11-8-9-21-17(11)12)15-10-18-13-6-1-2-7-14(13)19-15/h1-10,16,20H. The van der Waals surface area contributed by atoms with Crippen molar-refractivity contribution in [3.63, 3.8) is 0 Å². The number of hydrogen-bond donors (Lipinski definition) is 1. The molecule has 2 aromatic heterocycles. The second-order valence-electron chi connectivity index (χ2n) is 4.87. The van der Waals surface area contributed by atoms with E-state index in [2.05, 4.69) is 16.0 Å². The maximum Gasteiger partial charge on any atom is 0.124 e. The number of aliphatic hydroxyl groups is 1. The number of rotatable bonds is 2. The third kappa shape index (κ3) is 2.09. The van der Waals surface area contributed by atoms with Gasteiger partial charge in [-0.05, 0) is 29.0 Å². The van der Waals surface area contributed by atoms with Crippen molar-refractivity contribution < 1.29 is 5.11 Å². The Bertz CT molecular complexity index is 932. The molecule has 0 saturated carbocycles. The first kappa shape index (κ1) is 12.4. The molecule has 0 bridgehead atoms. The Balaban J connectivity index is 1.85. The molecule has 0 radical (unpaired) electrons. The van der Waals surface area contributed by atoms with Gasteiger partial charge in [0.25, 0.3) is 0 Å². The Morgan fingerprint density at radius 3 is 2.71 bits per heavy atom. The minimum atomic E-state index is -0.760. The summed E-state index contributed by atoms with van der Waals surface area (Å²) in [5.41, 5.74) is 3.09. The van der Waals surface area contributed by atoms with Gasteiger partial charge in [-0.2, -0.15) is 0 Å². The number of fused-ring (bicyclic) bond motifs is 2. The topological polar surface area (TPSA) is 46.0 Å². The first-order valence-corrected chi connectivity index (χ1v) is 7.57. The van der Waals surface area contributed by atoms with E-state index in [9.17, 15) is 5.11 Å². The summed E-state index contributed by atoms with van der Waals surface area (Å²) in [7, 11) is 0. The van der Waals surface area contributed by atoms with Crippen LogP contribution in [0.25, 0.3) is 21.1 Å². The maximum atomic E-state index is 10.7. The van der Waals surface area contributed by atoms with Gasteiger partial charge in [0.15, 0.2) is 0 Å². The third-order valence-electron chi connectivity index (χ3n) is 3.55. The van der Waals surface area contributed by atoms with E-state index in [0.29, 0.717) is 5.69 Å². The Kier molecular flexibility index (Phi) is 2.91. The fraction of sp³-hybridized carbons (Fsp3) is 0.0588. The Morgan fingerprint density at radius 1 is 0.952 bits per heavy atom. The third-order valence-corrected chi connectivity index (χ3v) is 4.53. The molecule has 2 aromatic carbocycles. The average molecular weight is 292 g/mol. The molecule has 4 rings (SSSR count). The normalized spacial score (nSPS) is 12.8. The highest BCUT2D eigenvalue weighted by Crippen LogP contribution is 2.31. The minimum absolute atomic E-state index is 0.578. The zero-order valence-electron chi connectivity index (χ0n) is 11.1. The highest BCUT2D eigenvalue weighted by atomic mass is 32.1. The first-order chi connectivity index (χ1) is 10.3. The summed E-state index contributed by atoms with van der Waals surface area (Å²) < 4.78 is 1.10. The van der Waals surface area contributed by atoms with Gasteiger partial charge in [-0.25, -0.2) is 4.98 Å². The molecular formula is C17H12N2OS. The van der Waals surface area contributed by atoms with Crippen LogP contribution in [0.3, 0.4) is 0 Å². The number of nitrogens with zero attached hydrogens (tertiary/aromatic N) is 2. The molecular weight excluding hydrogens is 280 g/mol. The Morgan fingerprint density at radius 2 is 1.81 bits per heavy atom. The highest BCUT2D eigenvalue weighted by molar-refractivity contribution is 7.17. The molecule has 0 aliphatic rings. The van der Waals surface area contributed by atoms with Gasteiger partial charge in [0.05, 0.1) is 22.9 Å². The summed E-state index contributed by atoms with van der Waals surface area (Å²) in [6.07, 6.45) is 0.892. The Labute approximate surface area is 125 Å². The second kappa shape index (κ2) is 4.91. The van der Waals surface area contributed by atoms with Crippen LogP contribution in [0.1, 0.15) is 17.4 Å². The van der Waals surface area contributed by atoms with Gasteiger partial charge in [-0.15, -0.1) is 11.3 Å². The van der Waals surface area contributed by atoms with Crippen LogP contribution < -0.4 is 0 Å². The summed E-state index contributed by atoms with van der Waals surface area (Å²) in [6, 6.07) is 15.7. The zero-order chi connectivity index (χ0) is 14.2. The van der Waals surface area contributed by atoms with Crippen molar-refractivity contribution in [3.8, 4) is 0 Å². The number of thiophene rings is 1. The fourth-order valence-corrected chi connectivity index (χ4v) is 3.43. The molecule has 1 unspecified atom stereocenters. The molecule has 0 aliphatic carbocycles. The lowest BCUT2D eigenvalue weighted by atomic mass is 10.1. The lowest BCUT2D eigenvalue weighted by Crippen LogP contribution is -2.03. The molecule has 0 fully saturated rings. The van der Waals surface area contributed by atoms with Crippen LogP contribution in [0.4, 0.5) is 0 Å². The van der Waals surface area contributed by atoms with Crippen LogP contribution in [0.2, 0.25) is 0 Å². The molecule has 4 aromatic rings. The summed E-state index contributed by atoms with van der Waals surface area (Å²) in [5, 5.41) is 13.9. The van der Waals surface area contributed by atoms with Crippen molar-refractivity contribution in [2.24, 2.45) is 0 Å². The van der Waals surface area contributed by atoms with Gasteiger partial charge in [-0.3, -0.25) is 4.98 Å². The summed E-state index contributed by atoms with van der Waals surface area (Å²) in [4.78, 5) is 8.91. The van der Waals surface area contributed by atoms with E-state index in [1.165, 1.54) is 0 Å². The van der Waals surface area contributed by atoms with Gasteiger partial charge in [0.1, 0.15) is 6.10 Å². The van der Waals surface area contributed by atoms with Crippen molar-refractivity contribution in [2.45, 2.75) is 6.10 Å². The van der Waals surface area contributed by atoms with Crippen molar-refractivity contribution >= 4 is 32.5 Å². The van der Waals surface area contributed by atoms with Gasteiger partial charge >= 0.3 is 0 Å². The molecule has 0 saturated heterocycles. The van der Waals surface area contributed by atoms with E-state index in [1.54, 1.807) is 17.5 Å². The number of hydrogen-bond acceptors (Lipinski definition) is 4. The summed E-state index contributed by atoms with van der Waals surface area (Å²) in [5.74, 6) is 0. The van der Waals surface area contributed by atoms with Crippen LogP contribution in [0.15, 0.2) is 60.1 Å². The minimum Gasteiger partial charge on any atom is -0.382 e. The molecule has 0 spiro atoms. The van der Waals surface area contributed by atoms with Crippen LogP contribution >= 0.6 is 11.3 Å². The molecule has 0 amide bonds.